The molecular weight excluding hydrogens is 277 g/mol. The standard InChI is InChI=1S/C9H12IN3/c10-6-3-7(9(12)13-4-6)8(11)5-1-2-5/h3-5,8H,1-2,11H2,(H2,12,13). The Morgan fingerprint density at radius 3 is 2.85 bits per heavy atom. The van der Waals surface area contributed by atoms with Crippen LogP contribution in [0.1, 0.15) is 24.4 Å². The minimum Gasteiger partial charge on any atom is -0.383 e. The van der Waals surface area contributed by atoms with Gasteiger partial charge in [0, 0.05) is 21.4 Å². The molecular formula is C9H12IN3. The Kier molecular flexibility index (Phi) is 2.42. The lowest BCUT2D eigenvalue weighted by Crippen LogP contribution is -2.15. The Labute approximate surface area is 91.0 Å². The number of nitrogens with zero attached hydrogens (tertiary/aromatic N) is 1. The molecule has 4 N–H and O–H groups in total. The van der Waals surface area contributed by atoms with Crippen LogP contribution in [-0.4, -0.2) is 4.98 Å². The zero-order valence-corrected chi connectivity index (χ0v) is 9.36. The van der Waals surface area contributed by atoms with Crippen molar-refractivity contribution < 1.29 is 0 Å². The molecule has 1 atom stereocenters. The Balaban J connectivity index is 2.31. The first kappa shape index (κ1) is 9.21. The van der Waals surface area contributed by atoms with Crippen molar-refractivity contribution in [1.29, 1.82) is 0 Å². The van der Waals surface area contributed by atoms with Crippen molar-refractivity contribution in [1.82, 2.24) is 4.98 Å². The van der Waals surface area contributed by atoms with Crippen LogP contribution in [0.3, 0.4) is 0 Å². The maximum Gasteiger partial charge on any atom is 0.128 e. The van der Waals surface area contributed by atoms with E-state index in [0.717, 1.165) is 9.13 Å². The van der Waals surface area contributed by atoms with Crippen LogP contribution in [0.15, 0.2) is 12.3 Å². The highest BCUT2D eigenvalue weighted by Crippen LogP contribution is 2.40. The molecule has 0 radical (unpaired) electrons. The number of hydrogen-bond acceptors (Lipinski definition) is 3. The van der Waals surface area contributed by atoms with Crippen molar-refractivity contribution >= 4 is 28.4 Å². The zero-order valence-electron chi connectivity index (χ0n) is 7.20. The van der Waals surface area contributed by atoms with E-state index in [0.29, 0.717) is 11.7 Å². The minimum atomic E-state index is 0.0854. The average molecular weight is 289 g/mol. The number of nitrogen functional groups attached to an aromatic ring is 1. The number of rotatable bonds is 2. The minimum absolute atomic E-state index is 0.0854. The van der Waals surface area contributed by atoms with Gasteiger partial charge in [0.2, 0.25) is 0 Å². The van der Waals surface area contributed by atoms with Crippen LogP contribution in [0.25, 0.3) is 0 Å². The number of nitrogens with two attached hydrogens (primary N) is 2. The number of halogens is 1. The molecule has 0 spiro atoms. The van der Waals surface area contributed by atoms with Crippen LogP contribution in [0, 0.1) is 9.49 Å². The fraction of sp³-hybridized carbons (Fsp3) is 0.444. The molecule has 1 aromatic rings. The third-order valence-corrected chi connectivity index (χ3v) is 3.00. The lowest BCUT2D eigenvalue weighted by molar-refractivity contribution is 0.633. The molecule has 4 heteroatoms. The average Bonchev–Trinajstić information content (AvgIpc) is 2.91. The summed E-state index contributed by atoms with van der Waals surface area (Å²) in [7, 11) is 0. The van der Waals surface area contributed by atoms with Gasteiger partial charge < -0.3 is 11.5 Å². The van der Waals surface area contributed by atoms with Gasteiger partial charge in [-0.05, 0) is 47.4 Å². The van der Waals surface area contributed by atoms with E-state index in [1.807, 2.05) is 6.07 Å². The Bertz CT molecular complexity index is 323. The lowest BCUT2D eigenvalue weighted by atomic mass is 10.0. The maximum absolute atomic E-state index is 6.05. The van der Waals surface area contributed by atoms with E-state index in [-0.39, 0.29) is 6.04 Å². The van der Waals surface area contributed by atoms with Crippen LogP contribution in [0.5, 0.6) is 0 Å². The molecule has 13 heavy (non-hydrogen) atoms. The fourth-order valence-corrected chi connectivity index (χ4v) is 1.92. The Morgan fingerprint density at radius 2 is 2.23 bits per heavy atom. The topological polar surface area (TPSA) is 64.9 Å². The van der Waals surface area contributed by atoms with Gasteiger partial charge in [0.15, 0.2) is 0 Å². The van der Waals surface area contributed by atoms with Gasteiger partial charge in [-0.2, -0.15) is 0 Å². The Hall–Kier alpha value is -0.360. The normalized spacial score (nSPS) is 18.6. The molecule has 1 saturated carbocycles. The van der Waals surface area contributed by atoms with Crippen molar-refractivity contribution in [2.45, 2.75) is 18.9 Å². The predicted molar refractivity (Wildman–Crippen MR) is 61.0 cm³/mol. The number of aromatic nitrogens is 1. The second-order valence-electron chi connectivity index (χ2n) is 3.49. The third kappa shape index (κ3) is 1.94. The first-order chi connectivity index (χ1) is 6.18. The van der Waals surface area contributed by atoms with Gasteiger partial charge in [0.25, 0.3) is 0 Å². The largest absolute Gasteiger partial charge is 0.383 e. The van der Waals surface area contributed by atoms with Crippen LogP contribution in [-0.2, 0) is 0 Å². The number of hydrogen-bond donors (Lipinski definition) is 2. The molecule has 1 aliphatic carbocycles. The van der Waals surface area contributed by atoms with Gasteiger partial charge in [-0.3, -0.25) is 0 Å². The predicted octanol–water partition coefficient (Wildman–Crippen LogP) is 1.68. The van der Waals surface area contributed by atoms with E-state index in [1.54, 1.807) is 6.20 Å². The highest BCUT2D eigenvalue weighted by molar-refractivity contribution is 14.1. The summed E-state index contributed by atoms with van der Waals surface area (Å²) in [5, 5.41) is 0. The third-order valence-electron chi connectivity index (χ3n) is 2.41. The molecule has 0 bridgehead atoms. The van der Waals surface area contributed by atoms with E-state index in [9.17, 15) is 0 Å². The summed E-state index contributed by atoms with van der Waals surface area (Å²) in [4.78, 5) is 4.10. The summed E-state index contributed by atoms with van der Waals surface area (Å²) in [6, 6.07) is 2.12. The van der Waals surface area contributed by atoms with Gasteiger partial charge in [0.05, 0.1) is 0 Å². The number of pyridine rings is 1. The quantitative estimate of drug-likeness (QED) is 0.814. The summed E-state index contributed by atoms with van der Waals surface area (Å²) in [6.07, 6.45) is 4.22. The van der Waals surface area contributed by atoms with Gasteiger partial charge in [-0.1, -0.05) is 0 Å². The van der Waals surface area contributed by atoms with Gasteiger partial charge in [0.1, 0.15) is 5.82 Å². The van der Waals surface area contributed by atoms with E-state index in [1.165, 1.54) is 12.8 Å². The van der Waals surface area contributed by atoms with Gasteiger partial charge in [-0.15, -0.1) is 0 Å². The van der Waals surface area contributed by atoms with Crippen molar-refractivity contribution in [3.8, 4) is 0 Å². The Morgan fingerprint density at radius 1 is 1.54 bits per heavy atom. The summed E-state index contributed by atoms with van der Waals surface area (Å²) >= 11 is 2.23. The fourth-order valence-electron chi connectivity index (χ4n) is 1.44. The SMILES string of the molecule is Nc1ncc(I)cc1C(N)C1CC1. The molecule has 3 nitrogen and oxygen atoms in total. The highest BCUT2D eigenvalue weighted by Gasteiger charge is 2.30. The van der Waals surface area contributed by atoms with Crippen LogP contribution < -0.4 is 11.5 Å². The molecule has 1 unspecified atom stereocenters. The lowest BCUT2D eigenvalue weighted by Gasteiger charge is -2.12. The van der Waals surface area contributed by atoms with Crippen molar-refractivity contribution in [3.63, 3.8) is 0 Å². The van der Waals surface area contributed by atoms with E-state index >= 15 is 0 Å². The van der Waals surface area contributed by atoms with Crippen molar-refractivity contribution in [2.24, 2.45) is 11.7 Å². The molecule has 1 aromatic heterocycles. The van der Waals surface area contributed by atoms with E-state index in [2.05, 4.69) is 27.6 Å². The summed E-state index contributed by atoms with van der Waals surface area (Å²) < 4.78 is 1.10. The monoisotopic (exact) mass is 289 g/mol. The maximum atomic E-state index is 6.05. The second-order valence-corrected chi connectivity index (χ2v) is 4.74. The van der Waals surface area contributed by atoms with Crippen molar-refractivity contribution in [2.75, 3.05) is 5.73 Å². The van der Waals surface area contributed by atoms with E-state index < -0.39 is 0 Å². The molecule has 1 heterocycles. The highest BCUT2D eigenvalue weighted by atomic mass is 127. The molecule has 1 aliphatic rings. The summed E-state index contributed by atoms with van der Waals surface area (Å²) in [5.74, 6) is 1.21. The smallest absolute Gasteiger partial charge is 0.128 e. The molecule has 0 saturated heterocycles. The molecule has 0 amide bonds. The molecule has 1 fully saturated rings. The molecule has 0 aromatic carbocycles. The molecule has 0 aliphatic heterocycles. The van der Waals surface area contributed by atoms with E-state index in [4.69, 9.17) is 11.5 Å². The first-order valence-electron chi connectivity index (χ1n) is 4.35. The summed E-state index contributed by atoms with van der Waals surface area (Å²) in [5.41, 5.74) is 12.8. The van der Waals surface area contributed by atoms with Crippen LogP contribution >= 0.6 is 22.6 Å². The van der Waals surface area contributed by atoms with Crippen molar-refractivity contribution in [3.05, 3.63) is 21.4 Å². The van der Waals surface area contributed by atoms with Gasteiger partial charge in [-0.25, -0.2) is 4.98 Å². The molecule has 70 valence electrons. The van der Waals surface area contributed by atoms with Gasteiger partial charge >= 0.3 is 0 Å². The zero-order chi connectivity index (χ0) is 9.42. The summed E-state index contributed by atoms with van der Waals surface area (Å²) in [6.45, 7) is 0. The molecule has 2 rings (SSSR count). The number of anilines is 1. The first-order valence-corrected chi connectivity index (χ1v) is 5.43. The van der Waals surface area contributed by atoms with Crippen LogP contribution in [0.4, 0.5) is 5.82 Å². The van der Waals surface area contributed by atoms with Crippen LogP contribution in [0.2, 0.25) is 0 Å². The second kappa shape index (κ2) is 3.42.